The number of hydrogen-bond donors (Lipinski definition) is 4. The van der Waals surface area contributed by atoms with Gasteiger partial charge in [-0.25, -0.2) is 5.48 Å². The first kappa shape index (κ1) is 12.9. The third kappa shape index (κ3) is 3.13. The second kappa shape index (κ2) is 5.23. The number of hydroxylamine groups is 1. The fourth-order valence-electron chi connectivity index (χ4n) is 1.27. The minimum Gasteiger partial charge on any atom is -0.502 e. The van der Waals surface area contributed by atoms with Crippen molar-refractivity contribution in [3.63, 3.8) is 0 Å². The first-order valence-electron chi connectivity index (χ1n) is 4.61. The summed E-state index contributed by atoms with van der Waals surface area (Å²) in [6.45, 7) is 0. The Kier molecular flexibility index (Phi) is 3.96. The molecule has 0 unspecified atom stereocenters. The third-order valence-corrected chi connectivity index (χ3v) is 2.14. The summed E-state index contributed by atoms with van der Waals surface area (Å²) in [6, 6.07) is 2.66. The number of carbonyl (C=O) groups excluding carboxylic acids is 1. The zero-order chi connectivity index (χ0) is 13.0. The molecule has 0 radical (unpaired) electrons. The van der Waals surface area contributed by atoms with Crippen LogP contribution in [0.25, 0.3) is 0 Å². The van der Waals surface area contributed by atoms with Crippen LogP contribution in [0.2, 0.25) is 0 Å². The molecule has 5 N–H and O–H groups in total. The van der Waals surface area contributed by atoms with Crippen LogP contribution in [0, 0.1) is 10.1 Å². The molecule has 1 rings (SSSR count). The minimum atomic E-state index is -1.02. The molecule has 1 amide bonds. The molecular formula is C9H11N3O5. The monoisotopic (exact) mass is 241 g/mol. The largest absolute Gasteiger partial charge is 0.502 e. The third-order valence-electron chi connectivity index (χ3n) is 2.14. The summed E-state index contributed by atoms with van der Waals surface area (Å²) >= 11 is 0. The van der Waals surface area contributed by atoms with E-state index < -0.39 is 28.3 Å². The quantitative estimate of drug-likeness (QED) is 0.323. The molecule has 0 saturated carbocycles. The first-order chi connectivity index (χ1) is 7.95. The van der Waals surface area contributed by atoms with Gasteiger partial charge in [0.1, 0.15) is 0 Å². The van der Waals surface area contributed by atoms with E-state index in [4.69, 9.17) is 10.9 Å². The van der Waals surface area contributed by atoms with E-state index in [1.165, 1.54) is 11.5 Å². The molecule has 0 aliphatic heterocycles. The molecule has 1 aromatic carbocycles. The summed E-state index contributed by atoms with van der Waals surface area (Å²) in [4.78, 5) is 20.7. The van der Waals surface area contributed by atoms with Gasteiger partial charge in [-0.1, -0.05) is 6.07 Å². The molecule has 0 fully saturated rings. The van der Waals surface area contributed by atoms with E-state index >= 15 is 0 Å². The molecule has 1 aromatic rings. The van der Waals surface area contributed by atoms with E-state index in [0.717, 1.165) is 12.1 Å². The summed E-state index contributed by atoms with van der Waals surface area (Å²) in [7, 11) is 0. The number of nitrogens with zero attached hydrogens (tertiary/aromatic N) is 1. The van der Waals surface area contributed by atoms with Gasteiger partial charge >= 0.3 is 5.69 Å². The number of amides is 1. The average molecular weight is 241 g/mol. The van der Waals surface area contributed by atoms with Gasteiger partial charge in [0.2, 0.25) is 0 Å². The molecule has 0 aliphatic rings. The van der Waals surface area contributed by atoms with Gasteiger partial charge in [-0.15, -0.1) is 0 Å². The molecule has 0 bridgehead atoms. The van der Waals surface area contributed by atoms with Crippen molar-refractivity contribution in [2.24, 2.45) is 5.73 Å². The van der Waals surface area contributed by atoms with Crippen LogP contribution >= 0.6 is 0 Å². The molecule has 0 spiro atoms. The van der Waals surface area contributed by atoms with Crippen molar-refractivity contribution in [2.75, 3.05) is 0 Å². The highest BCUT2D eigenvalue weighted by molar-refractivity contribution is 5.80. The zero-order valence-corrected chi connectivity index (χ0v) is 8.66. The lowest BCUT2D eigenvalue weighted by Crippen LogP contribution is -2.40. The standard InChI is InChI=1S/C9H11N3O5/c10-6(9(14)11-15)3-5-1-2-8(13)7(4-5)12(16)17/h1-2,4,6,13,15H,3,10H2,(H,11,14)/t6-/m0/s1. The van der Waals surface area contributed by atoms with Crippen LogP contribution in [0.4, 0.5) is 5.69 Å². The Balaban J connectivity index is 2.90. The number of nitrogens with two attached hydrogens (primary N) is 1. The minimum absolute atomic E-state index is 0.00745. The highest BCUT2D eigenvalue weighted by Gasteiger charge is 2.17. The summed E-state index contributed by atoms with van der Waals surface area (Å²) in [6.07, 6.45) is 0.00745. The fourth-order valence-corrected chi connectivity index (χ4v) is 1.27. The molecule has 0 aliphatic carbocycles. The molecule has 0 saturated heterocycles. The van der Waals surface area contributed by atoms with Gasteiger partial charge in [-0.05, 0) is 18.1 Å². The van der Waals surface area contributed by atoms with Crippen molar-refractivity contribution in [1.29, 1.82) is 0 Å². The lowest BCUT2D eigenvalue weighted by atomic mass is 10.1. The fraction of sp³-hybridized carbons (Fsp3) is 0.222. The Labute approximate surface area is 95.8 Å². The van der Waals surface area contributed by atoms with Crippen molar-refractivity contribution in [2.45, 2.75) is 12.5 Å². The Hall–Kier alpha value is -2.19. The maximum Gasteiger partial charge on any atom is 0.310 e. The first-order valence-corrected chi connectivity index (χ1v) is 4.61. The number of carbonyl (C=O) groups is 1. The van der Waals surface area contributed by atoms with Crippen LogP contribution in [0.15, 0.2) is 18.2 Å². The maximum absolute atomic E-state index is 10.9. The SMILES string of the molecule is N[C@@H](Cc1ccc(O)c([N+](=O)[O-])c1)C(=O)NO. The van der Waals surface area contributed by atoms with Crippen LogP contribution in [0.5, 0.6) is 5.75 Å². The Morgan fingerprint density at radius 3 is 2.76 bits per heavy atom. The van der Waals surface area contributed by atoms with E-state index in [2.05, 4.69) is 0 Å². The highest BCUT2D eigenvalue weighted by atomic mass is 16.6. The van der Waals surface area contributed by atoms with Crippen molar-refractivity contribution in [3.05, 3.63) is 33.9 Å². The van der Waals surface area contributed by atoms with E-state index in [0.29, 0.717) is 5.56 Å². The van der Waals surface area contributed by atoms with Gasteiger partial charge in [0, 0.05) is 6.07 Å². The molecular weight excluding hydrogens is 230 g/mol. The van der Waals surface area contributed by atoms with Gasteiger partial charge < -0.3 is 10.8 Å². The van der Waals surface area contributed by atoms with Crippen LogP contribution in [-0.2, 0) is 11.2 Å². The van der Waals surface area contributed by atoms with E-state index in [1.54, 1.807) is 0 Å². The number of phenols is 1. The average Bonchev–Trinajstić information content (AvgIpc) is 2.30. The van der Waals surface area contributed by atoms with Crippen molar-refractivity contribution in [3.8, 4) is 5.75 Å². The number of aromatic hydroxyl groups is 1. The van der Waals surface area contributed by atoms with Gasteiger partial charge in [0.15, 0.2) is 5.75 Å². The molecule has 92 valence electrons. The smallest absolute Gasteiger partial charge is 0.310 e. The number of benzene rings is 1. The van der Waals surface area contributed by atoms with Crippen LogP contribution in [0.1, 0.15) is 5.56 Å². The molecule has 8 nitrogen and oxygen atoms in total. The highest BCUT2D eigenvalue weighted by Crippen LogP contribution is 2.26. The number of rotatable bonds is 4. The lowest BCUT2D eigenvalue weighted by Gasteiger charge is -2.09. The van der Waals surface area contributed by atoms with E-state index in [9.17, 15) is 20.0 Å². The van der Waals surface area contributed by atoms with Crippen LogP contribution < -0.4 is 11.2 Å². The second-order valence-electron chi connectivity index (χ2n) is 3.37. The molecule has 8 heteroatoms. The number of nitrogens with one attached hydrogen (secondary N) is 1. The summed E-state index contributed by atoms with van der Waals surface area (Å²) in [5.41, 5.74) is 6.75. The van der Waals surface area contributed by atoms with E-state index in [1.807, 2.05) is 0 Å². The van der Waals surface area contributed by atoms with Gasteiger partial charge in [0.05, 0.1) is 11.0 Å². The predicted molar refractivity (Wildman–Crippen MR) is 56.4 cm³/mol. The van der Waals surface area contributed by atoms with Crippen molar-refractivity contribution < 1.29 is 20.0 Å². The van der Waals surface area contributed by atoms with E-state index in [-0.39, 0.29) is 6.42 Å². The molecule has 1 atom stereocenters. The zero-order valence-electron chi connectivity index (χ0n) is 8.66. The number of phenolic OH excluding ortho intramolecular Hbond substituents is 1. The Morgan fingerprint density at radius 2 is 2.24 bits per heavy atom. The van der Waals surface area contributed by atoms with Crippen molar-refractivity contribution >= 4 is 11.6 Å². The second-order valence-corrected chi connectivity index (χ2v) is 3.37. The van der Waals surface area contributed by atoms with Crippen molar-refractivity contribution in [1.82, 2.24) is 5.48 Å². The van der Waals surface area contributed by atoms with Gasteiger partial charge in [-0.2, -0.15) is 0 Å². The number of nitro groups is 1. The predicted octanol–water partition coefficient (Wildman–Crippen LogP) is -0.324. The maximum atomic E-state index is 10.9. The van der Waals surface area contributed by atoms with Crippen LogP contribution in [-0.4, -0.2) is 27.2 Å². The summed E-state index contributed by atoms with van der Waals surface area (Å²) in [5.74, 6) is -1.25. The lowest BCUT2D eigenvalue weighted by molar-refractivity contribution is -0.385. The summed E-state index contributed by atoms with van der Waals surface area (Å²) in [5, 5.41) is 28.1. The summed E-state index contributed by atoms with van der Waals surface area (Å²) < 4.78 is 0. The Bertz CT molecular complexity index is 448. The van der Waals surface area contributed by atoms with Gasteiger partial charge in [0.25, 0.3) is 5.91 Å². The molecule has 0 heterocycles. The number of hydrogen-bond acceptors (Lipinski definition) is 6. The van der Waals surface area contributed by atoms with Gasteiger partial charge in [-0.3, -0.25) is 20.1 Å². The topological polar surface area (TPSA) is 139 Å². The van der Waals surface area contributed by atoms with Crippen LogP contribution in [0.3, 0.4) is 0 Å². The Morgan fingerprint density at radius 1 is 1.59 bits per heavy atom. The molecule has 0 aromatic heterocycles. The normalized spacial score (nSPS) is 11.9. The number of nitro benzene ring substituents is 1. The molecule has 17 heavy (non-hydrogen) atoms.